The summed E-state index contributed by atoms with van der Waals surface area (Å²) in [6.07, 6.45) is -0.900. The SMILES string of the molecule is CC(=O)CN1CCN(CC(=O)O)CCN(CC(=O)N(CC(=O)NCC(CCC(=O)CN(CC(C)C)C(=O)CN2CCN(CC(=O)O)CCN(CC(=O)O)CCN(CC(=O)O)CC2)(CNC(=O)CN(CC(C)C)C(=O)CN2CCN(CC(=O)O)CCN(CC(=O)O)CCN(CC(=O)O)CC2)CNC(=O)CN(CC(C)C)C(=O)CN2CCN(CC(=O)O)CCN(CC(=O)O)CCN(CC(=O)O)CC2)CC(C)C)CCN(CC(=O)O)CC1. The van der Waals surface area contributed by atoms with Gasteiger partial charge in [-0.1, -0.05) is 55.4 Å². The summed E-state index contributed by atoms with van der Waals surface area (Å²) in [5.74, 6) is -20.0. The summed E-state index contributed by atoms with van der Waals surface area (Å²) < 4.78 is 0. The molecule has 0 unspecified atom stereocenters. The second-order valence-electron chi connectivity index (χ2n) is 41.0. The Morgan fingerprint density at radius 1 is 0.215 bits per heavy atom. The molecule has 0 aromatic carbocycles. The molecule has 0 radical (unpaired) electrons. The zero-order chi connectivity index (χ0) is 111. The van der Waals surface area contributed by atoms with E-state index < -0.39 is 262 Å². The molecule has 0 aliphatic carbocycles. The average molecular weight is 2130 g/mol. The van der Waals surface area contributed by atoms with Crippen LogP contribution in [0.1, 0.15) is 75.2 Å². The van der Waals surface area contributed by atoms with Crippen molar-refractivity contribution >= 4 is 119 Å². The number of nitrogens with zero attached hydrogens (tertiary/aromatic N) is 20. The average Bonchev–Trinajstić information content (AvgIpc) is 0.836. The normalized spacial score (nSPS) is 18.0. The number of hydrogen-bond donors (Lipinski definition) is 14. The van der Waals surface area contributed by atoms with Crippen molar-refractivity contribution in [3.8, 4) is 0 Å². The van der Waals surface area contributed by atoms with Crippen molar-refractivity contribution < 1.29 is 152 Å². The van der Waals surface area contributed by atoms with Gasteiger partial charge in [0.1, 0.15) is 5.78 Å². The number of ketones is 2. The molecular formula is C95H167N23O31. The van der Waals surface area contributed by atoms with Gasteiger partial charge in [-0.25, -0.2) is 0 Å². The summed E-state index contributed by atoms with van der Waals surface area (Å²) in [7, 11) is 0. The molecule has 0 aromatic heterocycles. The Morgan fingerprint density at radius 3 is 0.483 bits per heavy atom. The number of Topliss-reactive ketones (excluding diaryl/α,β-unsaturated/α-hetero) is 2. The van der Waals surface area contributed by atoms with E-state index in [4.69, 9.17) is 0 Å². The van der Waals surface area contributed by atoms with Gasteiger partial charge in [-0.3, -0.25) is 174 Å². The Kier molecular flexibility index (Phi) is 60.9. The Bertz CT molecular complexity index is 3660. The third kappa shape index (κ3) is 59.5. The molecule has 54 nitrogen and oxygen atoms in total. The number of carbonyl (C=O) groups is 20. The maximum absolute atomic E-state index is 15.4. The molecule has 0 atom stereocenters. The lowest BCUT2D eigenvalue weighted by molar-refractivity contribution is -0.141. The molecule has 4 saturated heterocycles. The van der Waals surface area contributed by atoms with Crippen LogP contribution in [0, 0.1) is 29.1 Å². The molecule has 4 aliphatic heterocycles. The van der Waals surface area contributed by atoms with Crippen LogP contribution in [-0.2, 0) is 95.9 Å². The van der Waals surface area contributed by atoms with E-state index >= 15 is 38.4 Å². The van der Waals surface area contributed by atoms with E-state index in [2.05, 4.69) is 16.0 Å². The predicted octanol–water partition coefficient (Wildman–Crippen LogP) is -7.98. The lowest BCUT2D eigenvalue weighted by Crippen LogP contribution is -2.56. The van der Waals surface area contributed by atoms with Crippen LogP contribution in [0.4, 0.5) is 0 Å². The lowest BCUT2D eigenvalue weighted by Gasteiger charge is -2.36. The van der Waals surface area contributed by atoms with Gasteiger partial charge in [-0.2, -0.15) is 0 Å². The van der Waals surface area contributed by atoms with Crippen LogP contribution < -0.4 is 16.0 Å². The monoisotopic (exact) mass is 2130 g/mol. The Labute approximate surface area is 871 Å². The third-order valence-corrected chi connectivity index (χ3v) is 25.6. The summed E-state index contributed by atoms with van der Waals surface area (Å²) in [6, 6.07) is 0. The van der Waals surface area contributed by atoms with Crippen LogP contribution in [0.25, 0.3) is 0 Å². The number of nitrogens with one attached hydrogen (secondary N) is 3. The quantitative estimate of drug-likeness (QED) is 0.0269. The fraction of sp³-hybridized carbons (Fsp3) is 0.789. The molecule has 4 aliphatic rings. The summed E-state index contributed by atoms with van der Waals surface area (Å²) in [6.45, 7) is 6.91. The highest BCUT2D eigenvalue weighted by molar-refractivity contribution is 5.89. The molecule has 0 aromatic rings. The largest absolute Gasteiger partial charge is 0.480 e. The maximum atomic E-state index is 15.4. The van der Waals surface area contributed by atoms with Crippen LogP contribution in [0.5, 0.6) is 0 Å². The van der Waals surface area contributed by atoms with Crippen molar-refractivity contribution in [1.82, 2.24) is 114 Å². The number of aliphatic carboxylic acids is 11. The van der Waals surface area contributed by atoms with E-state index in [-0.39, 0.29) is 285 Å². The first-order chi connectivity index (χ1) is 70.1. The highest BCUT2D eigenvalue weighted by atomic mass is 16.4. The fourth-order valence-electron chi connectivity index (χ4n) is 17.9. The van der Waals surface area contributed by atoms with Gasteiger partial charge >= 0.3 is 65.7 Å². The topological polar surface area (TPSA) is 665 Å². The van der Waals surface area contributed by atoms with Crippen molar-refractivity contribution in [3.05, 3.63) is 0 Å². The Balaban J connectivity index is 2.00. The number of hydrogen-bond acceptors (Lipinski definition) is 36. The first kappa shape index (κ1) is 130. The van der Waals surface area contributed by atoms with Gasteiger partial charge in [0.2, 0.25) is 41.4 Å². The van der Waals surface area contributed by atoms with E-state index in [0.29, 0.717) is 0 Å². The lowest BCUT2D eigenvalue weighted by atomic mass is 9.81. The Hall–Kier alpha value is -10.8. The molecule has 848 valence electrons. The Morgan fingerprint density at radius 2 is 0.349 bits per heavy atom. The molecule has 4 fully saturated rings. The van der Waals surface area contributed by atoms with E-state index in [0.717, 1.165) is 0 Å². The molecule has 14 N–H and O–H groups in total. The minimum atomic E-state index is -1.78. The van der Waals surface area contributed by atoms with Crippen molar-refractivity contribution in [2.45, 2.75) is 75.2 Å². The molecule has 4 heterocycles. The molecule has 0 spiro atoms. The van der Waals surface area contributed by atoms with Crippen LogP contribution >= 0.6 is 0 Å². The predicted molar refractivity (Wildman–Crippen MR) is 539 cm³/mol. The highest BCUT2D eigenvalue weighted by Gasteiger charge is 2.38. The highest BCUT2D eigenvalue weighted by Crippen LogP contribution is 2.25. The van der Waals surface area contributed by atoms with Crippen molar-refractivity contribution in [1.29, 1.82) is 0 Å². The molecule has 7 amide bonds. The minimum Gasteiger partial charge on any atom is -0.480 e. The van der Waals surface area contributed by atoms with Crippen molar-refractivity contribution in [3.63, 3.8) is 0 Å². The van der Waals surface area contributed by atoms with Gasteiger partial charge in [-0.15, -0.1) is 0 Å². The number of carboxylic acids is 11. The van der Waals surface area contributed by atoms with Gasteiger partial charge in [0, 0.05) is 267 Å². The molecular weight excluding hydrogens is 1960 g/mol. The van der Waals surface area contributed by atoms with Gasteiger partial charge in [0.25, 0.3) is 0 Å². The minimum absolute atomic E-state index is 0.0180. The van der Waals surface area contributed by atoms with Crippen LogP contribution in [-0.4, -0.2) is 659 Å². The zero-order valence-electron chi connectivity index (χ0n) is 88.5. The van der Waals surface area contributed by atoms with Crippen LogP contribution in [0.3, 0.4) is 0 Å². The number of carboxylic acid groups (broad SMARTS) is 11. The van der Waals surface area contributed by atoms with Gasteiger partial charge in [0.05, 0.1) is 131 Å². The van der Waals surface area contributed by atoms with E-state index in [1.807, 2.05) is 4.90 Å². The van der Waals surface area contributed by atoms with Gasteiger partial charge < -0.3 is 91.7 Å². The first-order valence-electron chi connectivity index (χ1n) is 51.0. The van der Waals surface area contributed by atoms with Crippen molar-refractivity contribution in [2.75, 3.05) is 386 Å². The standard InChI is InChI=1S/C95H167N23O31/c1-71(2)44-115(80(124)53-100-14-26-106(59-86(132)133)32-38-112(65-92(144)145)39-33-107(27-15-100)60-87(134)135)49-76(120)10-11-95(68-96-77(121)50-116(45-72(3)4)81(125)54-101-16-24-104(57-84(128)129)22-12-99(48-75(9)119)13-23-105(25-17-101)58-85(130)131,69-97-78(122)51-117(46-73(5)6)82(126)55-102-18-28-108(61-88(136)137)34-40-113(66-93(146)147)41-35-109(29-19-102)62-89(138)139)70-98-79(123)52-118(47-74(7)8)83(127)56-103-20-30-110(63-90(140)141)36-42-114(67-94(148)149)43-37-111(31-21-103)64-91(142)143/h71-74H,10-70H2,1-9H3,(H,96,121)(H,97,122)(H,98,123)(H,128,129)(H,130,131)(H,132,133)(H,134,135)(H,136,137)(H,138,139)(H,140,141)(H,142,143)(H,144,145)(H,146,147)(H,148,149). The molecule has 149 heavy (non-hydrogen) atoms. The summed E-state index contributed by atoms with van der Waals surface area (Å²) in [5.41, 5.74) is -1.78. The molecule has 0 saturated carbocycles. The van der Waals surface area contributed by atoms with Crippen LogP contribution in [0.15, 0.2) is 0 Å². The van der Waals surface area contributed by atoms with Crippen LogP contribution in [0.2, 0.25) is 0 Å². The second-order valence-corrected chi connectivity index (χ2v) is 41.0. The van der Waals surface area contributed by atoms with Gasteiger partial charge in [-0.05, 0) is 37.0 Å². The number of carbonyl (C=O) groups excluding carboxylic acids is 9. The maximum Gasteiger partial charge on any atom is 0.317 e. The summed E-state index contributed by atoms with van der Waals surface area (Å²) in [4.78, 5) is 300. The zero-order valence-corrected chi connectivity index (χ0v) is 88.5. The molecule has 4 rings (SSSR count). The fourth-order valence-corrected chi connectivity index (χ4v) is 17.9. The van der Waals surface area contributed by atoms with E-state index in [1.54, 1.807) is 129 Å². The van der Waals surface area contributed by atoms with Gasteiger partial charge in [0.15, 0.2) is 5.78 Å². The number of amides is 7. The molecule has 54 heteroatoms. The van der Waals surface area contributed by atoms with E-state index in [1.165, 1.54) is 26.5 Å². The summed E-state index contributed by atoms with van der Waals surface area (Å²) in [5, 5.41) is 118. The second kappa shape index (κ2) is 69.6. The number of rotatable bonds is 57. The smallest absolute Gasteiger partial charge is 0.317 e. The first-order valence-corrected chi connectivity index (χ1v) is 51.0. The third-order valence-electron chi connectivity index (χ3n) is 25.6. The molecule has 0 bridgehead atoms. The van der Waals surface area contributed by atoms with Crippen molar-refractivity contribution in [2.24, 2.45) is 29.1 Å². The summed E-state index contributed by atoms with van der Waals surface area (Å²) >= 11 is 0. The van der Waals surface area contributed by atoms with E-state index in [9.17, 15) is 114 Å².